The summed E-state index contributed by atoms with van der Waals surface area (Å²) in [6.07, 6.45) is -20.3. The van der Waals surface area contributed by atoms with Crippen molar-refractivity contribution in [3.05, 3.63) is 179 Å². The van der Waals surface area contributed by atoms with Crippen LogP contribution >= 0.6 is 23.0 Å². The molecular weight excluding hydrogens is 977 g/mol. The number of nitrogens with zero attached hydrogens (tertiary/aromatic N) is 3. The lowest BCUT2D eigenvalue weighted by molar-refractivity contribution is -0.138. The summed E-state index contributed by atoms with van der Waals surface area (Å²) in [5.74, 6) is -5.98. The van der Waals surface area contributed by atoms with Gasteiger partial charge in [0.05, 0.1) is 22.3 Å². The lowest BCUT2D eigenvalue weighted by Gasteiger charge is -2.33. The lowest BCUT2D eigenvalue weighted by atomic mass is 10.2. The number of halogens is 14. The number of rotatable bonds is 12. The number of alkyl halides is 12. The zero-order valence-electron chi connectivity index (χ0n) is 32.3. The molecule has 0 fully saturated rings. The van der Waals surface area contributed by atoms with E-state index in [1.807, 2.05) is 0 Å². The molecule has 6 aromatic rings. The fraction of sp³-hybridized carbons (Fsp3) is 0.100. The number of benzene rings is 6. The van der Waals surface area contributed by atoms with E-state index in [9.17, 15) is 61.5 Å². The van der Waals surface area contributed by atoms with E-state index in [0.29, 0.717) is 48.5 Å². The van der Waals surface area contributed by atoms with E-state index in [-0.39, 0.29) is 0 Å². The van der Waals surface area contributed by atoms with Crippen molar-refractivity contribution in [1.82, 2.24) is 0 Å². The van der Waals surface area contributed by atoms with E-state index in [1.165, 1.54) is 0 Å². The molecule has 0 aliphatic carbocycles. The molecule has 0 unspecified atom stereocenters. The van der Waals surface area contributed by atoms with Gasteiger partial charge < -0.3 is 27.1 Å². The van der Waals surface area contributed by atoms with Crippen LogP contribution < -0.4 is 27.1 Å². The predicted molar refractivity (Wildman–Crippen MR) is 210 cm³/mol. The van der Waals surface area contributed by atoms with Crippen LogP contribution in [-0.4, -0.2) is 0 Å². The molecule has 0 N–H and O–H groups in total. The van der Waals surface area contributed by atoms with Gasteiger partial charge in [-0.15, -0.1) is 0 Å². The van der Waals surface area contributed by atoms with E-state index in [4.69, 9.17) is 27.1 Å². The summed E-state index contributed by atoms with van der Waals surface area (Å²) in [4.78, 5) is 0. The third-order valence-electron chi connectivity index (χ3n) is 8.30. The van der Waals surface area contributed by atoms with Gasteiger partial charge in [-0.2, -0.15) is 52.7 Å². The van der Waals surface area contributed by atoms with Crippen LogP contribution in [0.5, 0.6) is 34.5 Å². The molecule has 0 saturated heterocycles. The average Bonchev–Trinajstić information content (AvgIpc) is 3.21. The summed E-state index contributed by atoms with van der Waals surface area (Å²) in [6, 6.07) is 17.8. The van der Waals surface area contributed by atoms with Crippen LogP contribution in [0.15, 0.2) is 159 Å². The third-order valence-corrected chi connectivity index (χ3v) is 16.4. The highest BCUT2D eigenvalue weighted by molar-refractivity contribution is 7.79. The van der Waals surface area contributed by atoms with E-state index < -0.39 is 116 Å². The Morgan fingerprint density at radius 1 is 0.288 bits per heavy atom. The maximum absolute atomic E-state index is 14.3. The van der Waals surface area contributed by atoms with Crippen LogP contribution in [0.25, 0.3) is 0 Å². The van der Waals surface area contributed by atoms with Gasteiger partial charge in [-0.1, -0.05) is 37.8 Å². The second-order valence-electron chi connectivity index (χ2n) is 13.3. The van der Waals surface area contributed by atoms with Gasteiger partial charge in [-0.3, -0.25) is 0 Å². The second kappa shape index (κ2) is 17.9. The summed E-state index contributed by atoms with van der Waals surface area (Å²) in [5, 5.41) is 0. The fourth-order valence-electron chi connectivity index (χ4n) is 5.49. The van der Waals surface area contributed by atoms with Gasteiger partial charge in [0.25, 0.3) is 0 Å². The van der Waals surface area contributed by atoms with E-state index in [0.717, 1.165) is 97.1 Å². The van der Waals surface area contributed by atoms with Crippen molar-refractivity contribution in [2.75, 3.05) is 0 Å². The Balaban J connectivity index is 1.63. The highest BCUT2D eigenvalue weighted by Crippen LogP contribution is 2.78. The first-order chi connectivity index (χ1) is 30.8. The van der Waals surface area contributed by atoms with Crippen LogP contribution in [0.2, 0.25) is 0 Å². The highest BCUT2D eigenvalue weighted by atomic mass is 31.3. The van der Waals surface area contributed by atoms with Crippen molar-refractivity contribution in [2.24, 2.45) is 13.5 Å². The SMILES string of the molecule is Fc1ccc(OP2(Oc3ccc(F)cc3)=NP(Oc3cccc(C(F)(F)F)c3)(Oc3cccc(C(F)(F)F)c3)=NP(Oc3cccc(C(F)(F)F)c3)(Oc3cccc(C(F)(F)F)c3)=N2)cc1. The molecule has 66 heavy (non-hydrogen) atoms. The van der Waals surface area contributed by atoms with E-state index >= 15 is 0 Å². The fourth-order valence-corrected chi connectivity index (χ4v) is 14.5. The Morgan fingerprint density at radius 2 is 0.500 bits per heavy atom. The van der Waals surface area contributed by atoms with Gasteiger partial charge >= 0.3 is 47.7 Å². The van der Waals surface area contributed by atoms with Crippen LogP contribution in [0, 0.1) is 11.6 Å². The molecule has 0 atom stereocenters. The summed E-state index contributed by atoms with van der Waals surface area (Å²) in [5.41, 5.74) is -5.53. The standard InChI is InChI=1S/C40H24F14N3O6P3/c41-29-13-17-31(18-14-29)58-64(59-32-19-15-30(42)16-20-32)55-65(60-33-9-1-5-25(21-33)37(43,44)45,61-34-10-2-6-26(22-34)38(46,47)48)57-66(56-64,62-35-11-3-7-27(23-35)39(49,50)51)63-36-12-4-8-28(24-36)40(52,53)54/h1-24H. The topological polar surface area (TPSA) is 92.5 Å². The molecule has 6 aromatic carbocycles. The van der Waals surface area contributed by atoms with Gasteiger partial charge in [-0.05, 0) is 121 Å². The van der Waals surface area contributed by atoms with Crippen LogP contribution in [-0.2, 0) is 24.7 Å². The minimum Gasteiger partial charge on any atom is -0.413 e. The Bertz CT molecular complexity index is 2610. The maximum atomic E-state index is 14.3. The lowest BCUT2D eigenvalue weighted by Crippen LogP contribution is -2.12. The molecule has 348 valence electrons. The Kier molecular flexibility index (Phi) is 13.0. The molecule has 1 aliphatic rings. The third kappa shape index (κ3) is 11.8. The van der Waals surface area contributed by atoms with Crippen molar-refractivity contribution >= 4 is 23.0 Å². The van der Waals surface area contributed by atoms with Crippen molar-refractivity contribution < 1.29 is 88.6 Å². The van der Waals surface area contributed by atoms with Crippen molar-refractivity contribution in [2.45, 2.75) is 24.7 Å². The number of hydrogen-bond donors (Lipinski definition) is 0. The molecule has 1 heterocycles. The minimum absolute atomic E-state index is 0.372. The quantitative estimate of drug-likeness (QED) is 0.0896. The van der Waals surface area contributed by atoms with Crippen molar-refractivity contribution in [1.29, 1.82) is 0 Å². The number of hydrogen-bond acceptors (Lipinski definition) is 9. The maximum Gasteiger partial charge on any atom is 0.460 e. The van der Waals surface area contributed by atoms with Gasteiger partial charge in [0.15, 0.2) is 0 Å². The van der Waals surface area contributed by atoms with Crippen molar-refractivity contribution in [3.8, 4) is 34.5 Å². The molecule has 0 aromatic heterocycles. The monoisotopic (exact) mass is 1000 g/mol. The molecule has 0 saturated carbocycles. The molecule has 0 spiro atoms. The molecule has 26 heteroatoms. The van der Waals surface area contributed by atoms with E-state index in [2.05, 4.69) is 13.5 Å². The molecule has 0 radical (unpaired) electrons. The van der Waals surface area contributed by atoms with Gasteiger partial charge in [0.1, 0.15) is 46.1 Å². The Hall–Kier alpha value is -6.17. The molecular formula is C40H24F14N3O6P3. The largest absolute Gasteiger partial charge is 0.460 e. The molecule has 9 nitrogen and oxygen atoms in total. The minimum atomic E-state index is -5.45. The van der Waals surface area contributed by atoms with Crippen LogP contribution in [0.1, 0.15) is 22.3 Å². The summed E-state index contributed by atoms with van der Waals surface area (Å²) in [7, 11) is -16.1. The van der Waals surface area contributed by atoms with Gasteiger partial charge in [-0.25, -0.2) is 8.78 Å². The summed E-state index contributed by atoms with van der Waals surface area (Å²) >= 11 is 0. The van der Waals surface area contributed by atoms with E-state index in [1.54, 1.807) is 0 Å². The first-order valence-electron chi connectivity index (χ1n) is 18.1. The normalized spacial score (nSPS) is 15.5. The summed E-state index contributed by atoms with van der Waals surface area (Å²) in [6.45, 7) is 0. The smallest absolute Gasteiger partial charge is 0.413 e. The first kappa shape index (κ1) is 47.8. The van der Waals surface area contributed by atoms with Gasteiger partial charge in [0.2, 0.25) is 0 Å². The Labute approximate surface area is 363 Å². The molecule has 0 bridgehead atoms. The van der Waals surface area contributed by atoms with Crippen molar-refractivity contribution in [3.63, 3.8) is 0 Å². The van der Waals surface area contributed by atoms with Crippen LogP contribution in [0.3, 0.4) is 0 Å². The average molecular weight is 1000 g/mol. The molecule has 1 aliphatic heterocycles. The molecule has 7 rings (SSSR count). The molecule has 0 amide bonds. The van der Waals surface area contributed by atoms with Crippen LogP contribution in [0.4, 0.5) is 61.5 Å². The first-order valence-corrected chi connectivity index (χ1v) is 22.7. The summed E-state index contributed by atoms with van der Waals surface area (Å²) < 4.78 is 248. The van der Waals surface area contributed by atoms with Gasteiger partial charge in [0, 0.05) is 0 Å². The second-order valence-corrected chi connectivity index (χ2v) is 19.5. The zero-order chi connectivity index (χ0) is 47.8. The Morgan fingerprint density at radius 3 is 0.712 bits per heavy atom. The highest BCUT2D eigenvalue weighted by Gasteiger charge is 2.50. The predicted octanol–water partition coefficient (Wildman–Crippen LogP) is 16.7. The zero-order valence-corrected chi connectivity index (χ0v) is 35.0.